The number of ether oxygens (including phenoxy) is 3. The first-order valence-electron chi connectivity index (χ1n) is 7.27. The molecular weight excluding hydrogens is 450 g/mol. The molecule has 0 radical (unpaired) electrons. The van der Waals surface area contributed by atoms with E-state index < -0.39 is 67.9 Å². The summed E-state index contributed by atoms with van der Waals surface area (Å²) in [5, 5.41) is 0.513. The van der Waals surface area contributed by atoms with Crippen molar-refractivity contribution in [3.05, 3.63) is 0 Å². The van der Waals surface area contributed by atoms with Crippen LogP contribution in [0.5, 0.6) is 0 Å². The van der Waals surface area contributed by atoms with E-state index in [1.165, 1.54) is 0 Å². The summed E-state index contributed by atoms with van der Waals surface area (Å²) in [5.74, 6) is -7.08. The Morgan fingerprint density at radius 2 is 1.41 bits per heavy atom. The average molecular weight is 461 g/mol. The molecule has 1 amide bonds. The van der Waals surface area contributed by atoms with E-state index in [-0.39, 0.29) is 0 Å². The smallest absolute Gasteiger partial charge is 0.338 e. The lowest BCUT2D eigenvalue weighted by molar-refractivity contribution is -0.445. The van der Waals surface area contributed by atoms with Crippen LogP contribution in [-0.2, 0) is 19.0 Å². The summed E-state index contributed by atoms with van der Waals surface area (Å²) in [7, 11) is 0. The van der Waals surface area contributed by atoms with E-state index >= 15 is 0 Å². The highest BCUT2D eigenvalue weighted by atomic mass is 19.4. The summed E-state index contributed by atoms with van der Waals surface area (Å²) < 4.78 is 166. The summed E-state index contributed by atoms with van der Waals surface area (Å²) in [6.45, 7) is -2.91. The fraction of sp³-hybridized carbons (Fsp3) is 0.917. The molecular formula is C12H11F12NO4. The van der Waals surface area contributed by atoms with Crippen molar-refractivity contribution < 1.29 is 71.7 Å². The molecule has 1 saturated heterocycles. The Balaban J connectivity index is 3.18. The first kappa shape index (κ1) is 25.5. The number of rotatable bonds is 5. The van der Waals surface area contributed by atoms with E-state index in [1.54, 1.807) is 0 Å². The van der Waals surface area contributed by atoms with Crippen molar-refractivity contribution >= 4 is 5.91 Å². The molecule has 0 aromatic carbocycles. The molecule has 1 atom stereocenters. The summed E-state index contributed by atoms with van der Waals surface area (Å²) in [5.41, 5.74) is -5.40. The standard InChI is InChI=1S/C12H11F12NO4/c1-2-6(26)25-7(9(13,14)15,10(16,17)18)27-3-5-4-28-8(29-5,11(19,20)21)12(22,23)24/h5H,2-4H2,1H3,(H,25,26)/t5-/m0/s1. The Morgan fingerprint density at radius 3 is 1.72 bits per heavy atom. The molecule has 1 rings (SSSR count). The molecule has 17 heteroatoms. The molecule has 1 aliphatic rings. The minimum atomic E-state index is -6.39. The second-order valence-electron chi connectivity index (χ2n) is 5.55. The Labute approximate surface area is 153 Å². The molecule has 0 unspecified atom stereocenters. The molecule has 0 saturated carbocycles. The maximum atomic E-state index is 13.1. The lowest BCUT2D eigenvalue weighted by Crippen LogP contribution is -2.69. The van der Waals surface area contributed by atoms with Crippen molar-refractivity contribution in [2.24, 2.45) is 0 Å². The zero-order valence-corrected chi connectivity index (χ0v) is 13.9. The highest BCUT2D eigenvalue weighted by molar-refractivity contribution is 5.76. The van der Waals surface area contributed by atoms with Crippen molar-refractivity contribution in [1.82, 2.24) is 5.32 Å². The fourth-order valence-corrected chi connectivity index (χ4v) is 2.06. The first-order valence-corrected chi connectivity index (χ1v) is 7.27. The summed E-state index contributed by atoms with van der Waals surface area (Å²) in [4.78, 5) is 11.1. The van der Waals surface area contributed by atoms with Gasteiger partial charge in [-0.2, -0.15) is 52.7 Å². The molecule has 0 aromatic rings. The molecule has 0 aromatic heterocycles. The first-order chi connectivity index (χ1) is 12.7. The zero-order valence-electron chi connectivity index (χ0n) is 13.9. The van der Waals surface area contributed by atoms with Gasteiger partial charge in [0.1, 0.15) is 6.10 Å². The van der Waals surface area contributed by atoms with Gasteiger partial charge in [-0.15, -0.1) is 0 Å². The van der Waals surface area contributed by atoms with Crippen LogP contribution in [0, 0.1) is 0 Å². The van der Waals surface area contributed by atoms with Crippen LogP contribution >= 0.6 is 0 Å². The Kier molecular flexibility index (Phi) is 6.73. The molecule has 1 heterocycles. The van der Waals surface area contributed by atoms with Gasteiger partial charge in [-0.25, -0.2) is 0 Å². The van der Waals surface area contributed by atoms with E-state index in [1.807, 2.05) is 0 Å². The molecule has 1 N–H and O–H groups in total. The molecule has 1 aliphatic heterocycles. The van der Waals surface area contributed by atoms with Crippen LogP contribution in [-0.4, -0.2) is 61.4 Å². The lowest BCUT2D eigenvalue weighted by atomic mass is 10.1. The molecule has 0 bridgehead atoms. The molecule has 0 aliphatic carbocycles. The van der Waals surface area contributed by atoms with Gasteiger partial charge in [-0.3, -0.25) is 4.79 Å². The van der Waals surface area contributed by atoms with Gasteiger partial charge in [0.15, 0.2) is 0 Å². The topological polar surface area (TPSA) is 56.8 Å². The van der Waals surface area contributed by atoms with Crippen molar-refractivity contribution in [3.8, 4) is 0 Å². The molecule has 1 fully saturated rings. The van der Waals surface area contributed by atoms with Crippen molar-refractivity contribution in [2.45, 2.75) is 55.7 Å². The van der Waals surface area contributed by atoms with Gasteiger partial charge in [-0.05, 0) is 0 Å². The quantitative estimate of drug-likeness (QED) is 0.503. The van der Waals surface area contributed by atoms with Gasteiger partial charge in [0.25, 0.3) is 0 Å². The second-order valence-corrected chi connectivity index (χ2v) is 5.55. The van der Waals surface area contributed by atoms with Crippen LogP contribution in [0.2, 0.25) is 0 Å². The van der Waals surface area contributed by atoms with E-state index in [9.17, 15) is 57.5 Å². The molecule has 172 valence electrons. The number of carbonyl (C=O) groups is 1. The largest absolute Gasteiger partial charge is 0.453 e. The highest BCUT2D eigenvalue weighted by Crippen LogP contribution is 2.50. The van der Waals surface area contributed by atoms with Crippen LogP contribution in [0.4, 0.5) is 52.7 Å². The third-order valence-electron chi connectivity index (χ3n) is 3.47. The van der Waals surface area contributed by atoms with Crippen LogP contribution in [0.1, 0.15) is 13.3 Å². The predicted octanol–water partition coefficient (Wildman–Crippen LogP) is 3.59. The number of hydrogen-bond donors (Lipinski definition) is 1. The van der Waals surface area contributed by atoms with E-state index in [0.29, 0.717) is 5.32 Å². The maximum Gasteiger partial charge on any atom is 0.453 e. The van der Waals surface area contributed by atoms with Gasteiger partial charge >= 0.3 is 36.2 Å². The van der Waals surface area contributed by atoms with Crippen LogP contribution in [0.15, 0.2) is 0 Å². The van der Waals surface area contributed by atoms with E-state index in [2.05, 4.69) is 14.2 Å². The molecule has 0 spiro atoms. The van der Waals surface area contributed by atoms with E-state index in [0.717, 1.165) is 6.92 Å². The van der Waals surface area contributed by atoms with Gasteiger partial charge < -0.3 is 19.5 Å². The van der Waals surface area contributed by atoms with E-state index in [4.69, 9.17) is 0 Å². The number of nitrogens with one attached hydrogen (secondary N) is 1. The van der Waals surface area contributed by atoms with Crippen LogP contribution in [0.25, 0.3) is 0 Å². The SMILES string of the molecule is CCC(=O)NC(OC[C@H]1COC(C(F)(F)F)(C(F)(F)F)O1)(C(F)(F)F)C(F)(F)F. The van der Waals surface area contributed by atoms with Crippen LogP contribution in [0.3, 0.4) is 0 Å². The Morgan fingerprint density at radius 1 is 0.966 bits per heavy atom. The number of carbonyl (C=O) groups excluding carboxylic acids is 1. The minimum Gasteiger partial charge on any atom is -0.338 e. The fourth-order valence-electron chi connectivity index (χ4n) is 2.06. The number of halogens is 12. The number of hydrogen-bond acceptors (Lipinski definition) is 4. The van der Waals surface area contributed by atoms with Gasteiger partial charge in [0, 0.05) is 6.42 Å². The Hall–Kier alpha value is -1.49. The Bertz CT molecular complexity index is 566. The van der Waals surface area contributed by atoms with Crippen molar-refractivity contribution in [1.29, 1.82) is 0 Å². The average Bonchev–Trinajstić information content (AvgIpc) is 2.93. The van der Waals surface area contributed by atoms with Crippen molar-refractivity contribution in [2.75, 3.05) is 13.2 Å². The third-order valence-corrected chi connectivity index (χ3v) is 3.47. The molecule has 29 heavy (non-hydrogen) atoms. The van der Waals surface area contributed by atoms with Gasteiger partial charge in [-0.1, -0.05) is 6.92 Å². The van der Waals surface area contributed by atoms with Gasteiger partial charge in [0.05, 0.1) is 13.2 Å². The normalized spacial score (nSPS) is 21.3. The number of alkyl halides is 12. The van der Waals surface area contributed by atoms with Crippen LogP contribution < -0.4 is 5.32 Å². The molecule has 5 nitrogen and oxygen atoms in total. The second kappa shape index (κ2) is 7.64. The predicted molar refractivity (Wildman–Crippen MR) is 64.9 cm³/mol. The highest BCUT2D eigenvalue weighted by Gasteiger charge is 2.78. The minimum absolute atomic E-state index is 0.513. The summed E-state index contributed by atoms with van der Waals surface area (Å²) >= 11 is 0. The summed E-state index contributed by atoms with van der Waals surface area (Å²) in [6.07, 6.45) is -28.8. The number of amides is 1. The summed E-state index contributed by atoms with van der Waals surface area (Å²) in [6, 6.07) is 0. The third kappa shape index (κ3) is 4.65. The van der Waals surface area contributed by atoms with Gasteiger partial charge in [0.2, 0.25) is 5.91 Å². The zero-order chi connectivity index (χ0) is 23.1. The lowest BCUT2D eigenvalue weighted by Gasteiger charge is -2.38. The maximum absolute atomic E-state index is 13.1. The van der Waals surface area contributed by atoms with Crippen molar-refractivity contribution in [3.63, 3.8) is 0 Å². The monoisotopic (exact) mass is 461 g/mol.